The van der Waals surface area contributed by atoms with Crippen molar-refractivity contribution in [3.8, 4) is 12.3 Å². The Morgan fingerprint density at radius 2 is 1.65 bits per heavy atom. The maximum atomic E-state index is 14.8. The van der Waals surface area contributed by atoms with E-state index in [1.165, 1.54) is 11.0 Å². The SMILES string of the molecule is C#CCCC(NC(=O)[C@@H]1[C@@H](C(C)C)CCN1C(=O)[C@@H](NC(=O)N[C@H](COC(=O)NCC(C)C)C(C)(C)C)C1(C)CCCCC1)C(=O)C(=O)NCC=C. The fraction of sp³-hybridized carbons (Fsp3) is 0.744. The number of hydrogen-bond acceptors (Lipinski definition) is 7. The molecule has 2 rings (SSSR count). The van der Waals surface area contributed by atoms with Gasteiger partial charge in [-0.15, -0.1) is 18.9 Å². The van der Waals surface area contributed by atoms with Gasteiger partial charge in [-0.25, -0.2) is 9.59 Å². The van der Waals surface area contributed by atoms with Gasteiger partial charge >= 0.3 is 12.1 Å². The lowest BCUT2D eigenvalue weighted by molar-refractivity contribution is -0.145. The number of amides is 6. The molecule has 1 aliphatic heterocycles. The number of terminal acetylenes is 1. The molecule has 0 aromatic heterocycles. The molecule has 2 fully saturated rings. The summed E-state index contributed by atoms with van der Waals surface area (Å²) in [5.41, 5.74) is -1.09. The van der Waals surface area contributed by atoms with E-state index in [1.807, 2.05) is 55.4 Å². The summed E-state index contributed by atoms with van der Waals surface area (Å²) in [7, 11) is 0. The van der Waals surface area contributed by atoms with E-state index < -0.39 is 64.7 Å². The number of urea groups is 1. The molecule has 0 spiro atoms. The molecule has 13 heteroatoms. The van der Waals surface area contributed by atoms with Crippen molar-refractivity contribution in [3.05, 3.63) is 12.7 Å². The Labute approximate surface area is 310 Å². The normalized spacial score (nSPS) is 20.1. The van der Waals surface area contributed by atoms with E-state index in [1.54, 1.807) is 0 Å². The van der Waals surface area contributed by atoms with Gasteiger partial charge in [0.1, 0.15) is 18.7 Å². The van der Waals surface area contributed by atoms with Crippen LogP contribution in [0.4, 0.5) is 9.59 Å². The zero-order chi connectivity index (χ0) is 39.2. The molecular formula is C39H64N6O7. The third-order valence-electron chi connectivity index (χ3n) is 10.3. The van der Waals surface area contributed by atoms with Crippen LogP contribution >= 0.6 is 0 Å². The van der Waals surface area contributed by atoms with Crippen molar-refractivity contribution >= 4 is 35.6 Å². The van der Waals surface area contributed by atoms with E-state index in [-0.39, 0.29) is 56.2 Å². The van der Waals surface area contributed by atoms with Crippen LogP contribution in [0.5, 0.6) is 0 Å². The maximum Gasteiger partial charge on any atom is 0.407 e. The Balaban J connectivity index is 2.39. The number of likely N-dealkylation sites (tertiary alicyclic amines) is 1. The van der Waals surface area contributed by atoms with E-state index in [0.29, 0.717) is 25.8 Å². The average Bonchev–Trinajstić information content (AvgIpc) is 3.54. The summed E-state index contributed by atoms with van der Waals surface area (Å²) in [4.78, 5) is 82.3. The number of Topliss-reactive ketones (excluding diaryl/α,β-unsaturated/α-hetero) is 1. The van der Waals surface area contributed by atoms with E-state index >= 15 is 0 Å². The molecule has 0 aromatic carbocycles. The van der Waals surface area contributed by atoms with Crippen molar-refractivity contribution in [2.24, 2.45) is 28.6 Å². The summed E-state index contributed by atoms with van der Waals surface area (Å²) in [6.07, 6.45) is 11.3. The summed E-state index contributed by atoms with van der Waals surface area (Å²) in [5.74, 6) is -0.143. The number of carbonyl (C=O) groups is 6. The van der Waals surface area contributed by atoms with Gasteiger partial charge in [-0.3, -0.25) is 19.2 Å². The number of carbonyl (C=O) groups excluding carboxylic acids is 6. The van der Waals surface area contributed by atoms with Crippen molar-refractivity contribution in [2.45, 2.75) is 131 Å². The molecule has 13 nitrogen and oxygen atoms in total. The Morgan fingerprint density at radius 1 is 1.00 bits per heavy atom. The average molecular weight is 729 g/mol. The highest BCUT2D eigenvalue weighted by atomic mass is 16.5. The second-order valence-electron chi connectivity index (χ2n) is 16.4. The standard InChI is InChI=1S/C39H64N6O7/c1-11-13-17-28(31(46)34(48)40-21-12-2)42-33(47)30-27(26(5)6)18-22-45(30)35(49)32(39(10)19-15-14-16-20-39)44-36(50)43-29(38(7,8)9)24-52-37(51)41-23-25(3)4/h1,12,25-30,32H,2,13-24H2,3-10H3,(H,40,48)(H,41,51)(H,42,47)(H2,43,44,50)/t27-,28?,29-,30+,32-/m1/s1. The second-order valence-corrected chi connectivity index (χ2v) is 16.4. The summed E-state index contributed by atoms with van der Waals surface area (Å²) >= 11 is 0. The Kier molecular flexibility index (Phi) is 17.2. The first-order valence-corrected chi connectivity index (χ1v) is 18.8. The van der Waals surface area contributed by atoms with Crippen molar-refractivity contribution in [1.82, 2.24) is 31.5 Å². The summed E-state index contributed by atoms with van der Waals surface area (Å²) in [6, 6.07) is -4.25. The van der Waals surface area contributed by atoms with Gasteiger partial charge in [-0.1, -0.05) is 80.7 Å². The lowest BCUT2D eigenvalue weighted by Crippen LogP contribution is -2.63. The summed E-state index contributed by atoms with van der Waals surface area (Å²) < 4.78 is 5.46. The number of nitrogens with zero attached hydrogens (tertiary/aromatic N) is 1. The highest BCUT2D eigenvalue weighted by Crippen LogP contribution is 2.41. The summed E-state index contributed by atoms with van der Waals surface area (Å²) in [6.45, 7) is 19.9. The number of nitrogens with one attached hydrogen (secondary N) is 5. The fourth-order valence-corrected chi connectivity index (χ4v) is 6.95. The van der Waals surface area contributed by atoms with Crippen LogP contribution in [0, 0.1) is 40.9 Å². The Bertz CT molecular complexity index is 1310. The van der Waals surface area contributed by atoms with Gasteiger partial charge in [-0.05, 0) is 54.3 Å². The van der Waals surface area contributed by atoms with Crippen LogP contribution < -0.4 is 26.6 Å². The second kappa shape index (κ2) is 20.2. The Morgan fingerprint density at radius 3 is 2.21 bits per heavy atom. The smallest absolute Gasteiger partial charge is 0.407 e. The lowest BCUT2D eigenvalue weighted by Gasteiger charge is -2.43. The van der Waals surface area contributed by atoms with Gasteiger partial charge in [0.2, 0.25) is 17.6 Å². The van der Waals surface area contributed by atoms with Crippen LogP contribution in [-0.2, 0) is 23.9 Å². The van der Waals surface area contributed by atoms with E-state index in [2.05, 4.69) is 39.1 Å². The molecule has 5 atom stereocenters. The molecule has 0 aromatic rings. The zero-order valence-corrected chi connectivity index (χ0v) is 32.7. The van der Waals surface area contributed by atoms with Crippen LogP contribution in [0.3, 0.4) is 0 Å². The van der Waals surface area contributed by atoms with E-state index in [4.69, 9.17) is 11.2 Å². The molecule has 5 N–H and O–H groups in total. The number of rotatable bonds is 17. The monoisotopic (exact) mass is 728 g/mol. The van der Waals surface area contributed by atoms with Crippen molar-refractivity contribution < 1.29 is 33.5 Å². The minimum Gasteiger partial charge on any atom is -0.447 e. The molecule has 1 heterocycles. The number of alkyl carbamates (subject to hydrolysis) is 1. The molecule has 2 aliphatic rings. The first-order valence-electron chi connectivity index (χ1n) is 18.8. The van der Waals surface area contributed by atoms with Crippen LogP contribution in [-0.4, -0.2) is 90.9 Å². The molecule has 1 unspecified atom stereocenters. The molecule has 0 bridgehead atoms. The predicted molar refractivity (Wildman–Crippen MR) is 201 cm³/mol. The number of ether oxygens (including phenoxy) is 1. The van der Waals surface area contributed by atoms with Gasteiger partial charge in [0, 0.05) is 26.1 Å². The van der Waals surface area contributed by atoms with Crippen LogP contribution in [0.25, 0.3) is 0 Å². The Hall–Kier alpha value is -4.08. The van der Waals surface area contributed by atoms with Crippen molar-refractivity contribution in [2.75, 3.05) is 26.2 Å². The number of hydrogen-bond donors (Lipinski definition) is 5. The first-order chi connectivity index (χ1) is 24.4. The maximum absolute atomic E-state index is 14.8. The van der Waals surface area contributed by atoms with Gasteiger partial charge < -0.3 is 36.2 Å². The van der Waals surface area contributed by atoms with Crippen molar-refractivity contribution in [1.29, 1.82) is 0 Å². The summed E-state index contributed by atoms with van der Waals surface area (Å²) in [5, 5.41) is 13.9. The topological polar surface area (TPSA) is 175 Å². The lowest BCUT2D eigenvalue weighted by atomic mass is 9.70. The first kappa shape index (κ1) is 44.1. The van der Waals surface area contributed by atoms with Crippen LogP contribution in [0.15, 0.2) is 12.7 Å². The molecule has 52 heavy (non-hydrogen) atoms. The molecule has 1 saturated carbocycles. The number of ketones is 1. The molecule has 6 amide bonds. The van der Waals surface area contributed by atoms with Crippen LogP contribution in [0.1, 0.15) is 107 Å². The quantitative estimate of drug-likeness (QED) is 0.0853. The van der Waals surface area contributed by atoms with E-state index in [0.717, 1.165) is 19.3 Å². The van der Waals surface area contributed by atoms with Crippen molar-refractivity contribution in [3.63, 3.8) is 0 Å². The predicted octanol–water partition coefficient (Wildman–Crippen LogP) is 4.06. The van der Waals surface area contributed by atoms with Gasteiger partial charge in [-0.2, -0.15) is 0 Å². The minimum atomic E-state index is -1.18. The third-order valence-corrected chi connectivity index (χ3v) is 10.3. The molecule has 1 saturated heterocycles. The molecule has 0 radical (unpaired) electrons. The van der Waals surface area contributed by atoms with Crippen LogP contribution in [0.2, 0.25) is 0 Å². The van der Waals surface area contributed by atoms with Gasteiger partial charge in [0.05, 0.1) is 12.1 Å². The molecule has 1 aliphatic carbocycles. The largest absolute Gasteiger partial charge is 0.447 e. The van der Waals surface area contributed by atoms with Gasteiger partial charge in [0.25, 0.3) is 5.91 Å². The molecular weight excluding hydrogens is 664 g/mol. The fourth-order valence-electron chi connectivity index (χ4n) is 6.95. The van der Waals surface area contributed by atoms with Gasteiger partial charge in [0.15, 0.2) is 0 Å². The third kappa shape index (κ3) is 12.8. The van der Waals surface area contributed by atoms with E-state index in [9.17, 15) is 28.8 Å². The molecule has 292 valence electrons. The highest BCUT2D eigenvalue weighted by molar-refractivity contribution is 6.38. The minimum absolute atomic E-state index is 0.00885. The highest BCUT2D eigenvalue weighted by Gasteiger charge is 2.50. The zero-order valence-electron chi connectivity index (χ0n) is 32.7.